The maximum atomic E-state index is 10.1. The van der Waals surface area contributed by atoms with Gasteiger partial charge in [-0.05, 0) is 24.3 Å². The van der Waals surface area contributed by atoms with Gasteiger partial charge in [-0.3, -0.25) is 0 Å². The Morgan fingerprint density at radius 3 is 2.92 bits per heavy atom. The second kappa shape index (κ2) is 3.73. The van der Waals surface area contributed by atoms with Gasteiger partial charge in [0.05, 0.1) is 6.26 Å². The van der Waals surface area contributed by atoms with Gasteiger partial charge in [0.25, 0.3) is 0 Å². The predicted octanol–water partition coefficient (Wildman–Crippen LogP) is 0.738. The van der Waals surface area contributed by atoms with E-state index in [0.29, 0.717) is 5.76 Å². The van der Waals surface area contributed by atoms with Gasteiger partial charge < -0.3 is 14.6 Å². The second-order valence-corrected chi connectivity index (χ2v) is 2.16. The number of furan rings is 1. The molecule has 0 spiro atoms. The lowest BCUT2D eigenvalue weighted by atomic mass is 10.3. The highest BCUT2D eigenvalue weighted by atomic mass is 16.4. The molecule has 64 valence electrons. The lowest BCUT2D eigenvalue weighted by molar-refractivity contribution is -0.143. The van der Waals surface area contributed by atoms with E-state index in [9.17, 15) is 4.79 Å². The molecule has 4 nitrogen and oxygen atoms in total. The number of carbonyl (C=O) groups is 1. The van der Waals surface area contributed by atoms with Crippen molar-refractivity contribution in [2.45, 2.75) is 6.10 Å². The Bertz CT molecular complexity index is 273. The van der Waals surface area contributed by atoms with Gasteiger partial charge in [-0.2, -0.15) is 0 Å². The predicted molar refractivity (Wildman–Crippen MR) is 41.4 cm³/mol. The Labute approximate surface area is 68.7 Å². The SMILES string of the molecule is O=C(O)C(O)/C=C/c1ccco1. The first-order chi connectivity index (χ1) is 5.70. The van der Waals surface area contributed by atoms with Crippen LogP contribution in [0.3, 0.4) is 0 Å². The van der Waals surface area contributed by atoms with Crippen LogP contribution in [0, 0.1) is 0 Å². The quantitative estimate of drug-likeness (QED) is 0.698. The lowest BCUT2D eigenvalue weighted by Crippen LogP contribution is -2.15. The molecule has 2 N–H and O–H groups in total. The molecule has 1 rings (SSSR count). The van der Waals surface area contributed by atoms with E-state index in [2.05, 4.69) is 0 Å². The van der Waals surface area contributed by atoms with Gasteiger partial charge in [-0.1, -0.05) is 0 Å². The number of aliphatic hydroxyl groups is 1. The average molecular weight is 168 g/mol. The monoisotopic (exact) mass is 168 g/mol. The van der Waals surface area contributed by atoms with Crippen molar-refractivity contribution in [1.29, 1.82) is 0 Å². The summed E-state index contributed by atoms with van der Waals surface area (Å²) in [4.78, 5) is 10.1. The van der Waals surface area contributed by atoms with E-state index in [1.165, 1.54) is 12.3 Å². The summed E-state index contributed by atoms with van der Waals surface area (Å²) in [6.45, 7) is 0. The van der Waals surface area contributed by atoms with Crippen molar-refractivity contribution in [3.8, 4) is 0 Å². The number of aliphatic hydroxyl groups excluding tert-OH is 1. The van der Waals surface area contributed by atoms with Gasteiger partial charge in [-0.25, -0.2) is 4.79 Å². The molecule has 0 fully saturated rings. The molecule has 4 heteroatoms. The molecule has 0 saturated carbocycles. The minimum Gasteiger partial charge on any atom is -0.479 e. The summed E-state index contributed by atoms with van der Waals surface area (Å²) in [5, 5.41) is 17.1. The fourth-order valence-electron chi connectivity index (χ4n) is 0.654. The van der Waals surface area contributed by atoms with E-state index < -0.39 is 12.1 Å². The molecule has 1 atom stereocenters. The molecule has 0 radical (unpaired) electrons. The van der Waals surface area contributed by atoms with E-state index in [4.69, 9.17) is 14.6 Å². The highest BCUT2D eigenvalue weighted by Gasteiger charge is 2.07. The topological polar surface area (TPSA) is 70.7 Å². The maximum absolute atomic E-state index is 10.1. The first-order valence-electron chi connectivity index (χ1n) is 3.33. The van der Waals surface area contributed by atoms with Crippen molar-refractivity contribution in [2.24, 2.45) is 0 Å². The van der Waals surface area contributed by atoms with Crippen LogP contribution in [0.5, 0.6) is 0 Å². The molecule has 12 heavy (non-hydrogen) atoms. The summed E-state index contributed by atoms with van der Waals surface area (Å²) in [5.74, 6) is -0.770. The molecule has 0 aliphatic rings. The Balaban J connectivity index is 2.56. The third-order valence-corrected chi connectivity index (χ3v) is 1.24. The summed E-state index contributed by atoms with van der Waals surface area (Å²) in [6.07, 6.45) is 2.53. The largest absolute Gasteiger partial charge is 0.479 e. The maximum Gasteiger partial charge on any atom is 0.336 e. The normalized spacial score (nSPS) is 13.4. The van der Waals surface area contributed by atoms with Crippen molar-refractivity contribution < 1.29 is 19.4 Å². The van der Waals surface area contributed by atoms with Crippen molar-refractivity contribution >= 4 is 12.0 Å². The summed E-state index contributed by atoms with van der Waals surface area (Å²) in [5.41, 5.74) is 0. The van der Waals surface area contributed by atoms with E-state index in [1.54, 1.807) is 12.1 Å². The number of hydrogen-bond acceptors (Lipinski definition) is 3. The number of aliphatic carboxylic acids is 1. The Morgan fingerprint density at radius 1 is 1.67 bits per heavy atom. The third kappa shape index (κ3) is 2.25. The average Bonchev–Trinajstić information content (AvgIpc) is 2.51. The van der Waals surface area contributed by atoms with Crippen molar-refractivity contribution in [3.05, 3.63) is 30.2 Å². The smallest absolute Gasteiger partial charge is 0.336 e. The molecule has 0 bridgehead atoms. The van der Waals surface area contributed by atoms with Crippen LogP contribution < -0.4 is 0 Å². The lowest BCUT2D eigenvalue weighted by Gasteiger charge is -1.94. The van der Waals surface area contributed by atoms with Gasteiger partial charge in [0, 0.05) is 0 Å². The summed E-state index contributed by atoms with van der Waals surface area (Å²) in [7, 11) is 0. The molecular formula is C8H8O4. The zero-order valence-electron chi connectivity index (χ0n) is 6.18. The van der Waals surface area contributed by atoms with Gasteiger partial charge >= 0.3 is 5.97 Å². The second-order valence-electron chi connectivity index (χ2n) is 2.16. The van der Waals surface area contributed by atoms with Crippen LogP contribution in [-0.2, 0) is 4.79 Å². The van der Waals surface area contributed by atoms with Gasteiger partial charge in [0.2, 0.25) is 0 Å². The number of carboxylic acids is 1. The first-order valence-corrected chi connectivity index (χ1v) is 3.33. The molecule has 0 amide bonds. The van der Waals surface area contributed by atoms with Crippen LogP contribution in [0.25, 0.3) is 6.08 Å². The first kappa shape index (κ1) is 8.55. The zero-order valence-corrected chi connectivity index (χ0v) is 6.18. The molecule has 1 heterocycles. The van der Waals surface area contributed by atoms with Crippen molar-refractivity contribution in [1.82, 2.24) is 0 Å². The molecular weight excluding hydrogens is 160 g/mol. The highest BCUT2D eigenvalue weighted by molar-refractivity contribution is 5.75. The molecule has 1 aromatic rings. The van der Waals surface area contributed by atoms with Gasteiger partial charge in [0.1, 0.15) is 5.76 Å². The molecule has 0 saturated heterocycles. The number of carboxylic acid groups (broad SMARTS) is 1. The minimum atomic E-state index is -1.48. The van der Waals surface area contributed by atoms with E-state index in [1.807, 2.05) is 0 Å². The summed E-state index contributed by atoms with van der Waals surface area (Å²) >= 11 is 0. The van der Waals surface area contributed by atoms with Gasteiger partial charge in [0.15, 0.2) is 6.10 Å². The minimum absolute atomic E-state index is 0.510. The Kier molecular flexibility index (Phi) is 2.66. The fraction of sp³-hybridized carbons (Fsp3) is 0.125. The Hall–Kier alpha value is -1.55. The van der Waals surface area contributed by atoms with Crippen LogP contribution in [0.15, 0.2) is 28.9 Å². The Morgan fingerprint density at radius 2 is 2.42 bits per heavy atom. The standard InChI is InChI=1S/C8H8O4/c9-7(8(10)11)4-3-6-2-1-5-12-6/h1-5,7,9H,(H,10,11)/b4-3+. The molecule has 1 unspecified atom stereocenters. The zero-order chi connectivity index (χ0) is 8.97. The molecule has 0 aliphatic heterocycles. The van der Waals surface area contributed by atoms with Crippen LogP contribution in [0.4, 0.5) is 0 Å². The summed E-state index contributed by atoms with van der Waals surface area (Å²) in [6, 6.07) is 3.33. The highest BCUT2D eigenvalue weighted by Crippen LogP contribution is 2.02. The van der Waals surface area contributed by atoms with Crippen LogP contribution in [0.2, 0.25) is 0 Å². The van der Waals surface area contributed by atoms with Gasteiger partial charge in [-0.15, -0.1) is 0 Å². The molecule has 0 aromatic carbocycles. The number of hydrogen-bond donors (Lipinski definition) is 2. The molecule has 0 aliphatic carbocycles. The van der Waals surface area contributed by atoms with E-state index in [0.717, 1.165) is 6.08 Å². The van der Waals surface area contributed by atoms with Crippen LogP contribution >= 0.6 is 0 Å². The van der Waals surface area contributed by atoms with E-state index >= 15 is 0 Å². The third-order valence-electron chi connectivity index (χ3n) is 1.24. The summed E-state index contributed by atoms with van der Waals surface area (Å²) < 4.78 is 4.87. The van der Waals surface area contributed by atoms with Crippen molar-refractivity contribution in [3.63, 3.8) is 0 Å². The van der Waals surface area contributed by atoms with Crippen LogP contribution in [-0.4, -0.2) is 22.3 Å². The van der Waals surface area contributed by atoms with Crippen molar-refractivity contribution in [2.75, 3.05) is 0 Å². The van der Waals surface area contributed by atoms with Crippen LogP contribution in [0.1, 0.15) is 5.76 Å². The van der Waals surface area contributed by atoms with E-state index in [-0.39, 0.29) is 0 Å². The fourth-order valence-corrected chi connectivity index (χ4v) is 0.654. The molecule has 1 aromatic heterocycles. The number of rotatable bonds is 3.